The summed E-state index contributed by atoms with van der Waals surface area (Å²) in [6.45, 7) is 0.264. The highest BCUT2D eigenvalue weighted by Gasteiger charge is 1.99. The van der Waals surface area contributed by atoms with Gasteiger partial charge in [0.25, 0.3) is 0 Å². The van der Waals surface area contributed by atoms with Gasteiger partial charge in [0.05, 0.1) is 5.56 Å². The van der Waals surface area contributed by atoms with Crippen molar-refractivity contribution in [3.8, 4) is 17.6 Å². The van der Waals surface area contributed by atoms with E-state index in [1.807, 2.05) is 36.4 Å². The maximum absolute atomic E-state index is 10.8. The number of carbonyl (C=O) groups is 1. The van der Waals surface area contributed by atoms with Crippen molar-refractivity contribution >= 4 is 6.29 Å². The molecule has 0 heterocycles. The van der Waals surface area contributed by atoms with Gasteiger partial charge in [0.2, 0.25) is 0 Å². The van der Waals surface area contributed by atoms with E-state index >= 15 is 0 Å². The lowest BCUT2D eigenvalue weighted by Gasteiger charge is -2.03. The molecule has 2 aromatic rings. The monoisotopic (exact) mass is 236 g/mol. The molecule has 0 aliphatic heterocycles. The van der Waals surface area contributed by atoms with E-state index in [0.29, 0.717) is 11.3 Å². The summed E-state index contributed by atoms with van der Waals surface area (Å²) in [5.74, 6) is 6.47. The van der Waals surface area contributed by atoms with Crippen molar-refractivity contribution in [3.05, 3.63) is 65.7 Å². The lowest BCUT2D eigenvalue weighted by molar-refractivity contribution is 0.112. The summed E-state index contributed by atoms with van der Waals surface area (Å²) in [5.41, 5.74) is 1.49. The highest BCUT2D eigenvalue weighted by molar-refractivity contribution is 5.79. The second-order valence-electron chi connectivity index (χ2n) is 3.61. The molecule has 0 unspecified atom stereocenters. The summed E-state index contributed by atoms with van der Waals surface area (Å²) < 4.78 is 5.44. The zero-order valence-electron chi connectivity index (χ0n) is 9.80. The number of rotatable bonds is 3. The molecule has 0 spiro atoms. The Labute approximate surface area is 106 Å². The Morgan fingerprint density at radius 3 is 2.50 bits per heavy atom. The van der Waals surface area contributed by atoms with Gasteiger partial charge in [0, 0.05) is 5.56 Å². The number of hydrogen-bond donors (Lipinski definition) is 0. The van der Waals surface area contributed by atoms with Crippen LogP contribution in [0.4, 0.5) is 0 Å². The summed E-state index contributed by atoms with van der Waals surface area (Å²) in [6.07, 6.45) is 0.778. The van der Waals surface area contributed by atoms with E-state index in [9.17, 15) is 4.79 Å². The molecule has 0 aromatic heterocycles. The Morgan fingerprint density at radius 2 is 1.72 bits per heavy atom. The van der Waals surface area contributed by atoms with Crippen LogP contribution in [0.25, 0.3) is 0 Å². The zero-order valence-corrected chi connectivity index (χ0v) is 9.80. The van der Waals surface area contributed by atoms with Gasteiger partial charge in [0.1, 0.15) is 12.4 Å². The van der Waals surface area contributed by atoms with Gasteiger partial charge in [-0.15, -0.1) is 0 Å². The number of aldehydes is 1. The van der Waals surface area contributed by atoms with Crippen LogP contribution in [0.15, 0.2) is 54.6 Å². The second-order valence-corrected chi connectivity index (χ2v) is 3.61. The second kappa shape index (κ2) is 6.27. The minimum Gasteiger partial charge on any atom is -0.480 e. The molecule has 0 bridgehead atoms. The summed E-state index contributed by atoms with van der Waals surface area (Å²) in [7, 11) is 0. The first-order chi connectivity index (χ1) is 8.90. The van der Waals surface area contributed by atoms with Gasteiger partial charge < -0.3 is 4.74 Å². The Hall–Kier alpha value is -2.53. The number of benzene rings is 2. The maximum atomic E-state index is 10.8. The highest BCUT2D eigenvalue weighted by atomic mass is 16.5. The molecule has 0 N–H and O–H groups in total. The van der Waals surface area contributed by atoms with E-state index in [1.54, 1.807) is 18.2 Å². The van der Waals surface area contributed by atoms with Crippen molar-refractivity contribution in [3.63, 3.8) is 0 Å². The fraction of sp³-hybridized carbons (Fsp3) is 0.0625. The molecular formula is C16H12O2. The van der Waals surface area contributed by atoms with Crippen molar-refractivity contribution < 1.29 is 9.53 Å². The summed E-state index contributed by atoms with van der Waals surface area (Å²) in [4.78, 5) is 10.8. The van der Waals surface area contributed by atoms with Crippen LogP contribution in [-0.4, -0.2) is 12.9 Å². The predicted octanol–water partition coefficient (Wildman–Crippen LogP) is 2.93. The lowest BCUT2D eigenvalue weighted by atomic mass is 10.2. The average molecular weight is 236 g/mol. The number of hydrogen-bond acceptors (Lipinski definition) is 2. The molecule has 88 valence electrons. The lowest BCUT2D eigenvalue weighted by Crippen LogP contribution is -1.97. The van der Waals surface area contributed by atoms with E-state index in [2.05, 4.69) is 11.8 Å². The number of ether oxygens (including phenoxy) is 1. The van der Waals surface area contributed by atoms with Gasteiger partial charge in [0.15, 0.2) is 6.29 Å². The van der Waals surface area contributed by atoms with Gasteiger partial charge >= 0.3 is 0 Å². The Kier molecular flexibility index (Phi) is 4.16. The molecule has 0 atom stereocenters. The SMILES string of the molecule is O=Cc1ccccc1OCC#Cc1ccccc1. The normalized spacial score (nSPS) is 9.11. The van der Waals surface area contributed by atoms with Crippen LogP contribution in [0.5, 0.6) is 5.75 Å². The van der Waals surface area contributed by atoms with Crippen molar-refractivity contribution in [2.24, 2.45) is 0 Å². The fourth-order valence-corrected chi connectivity index (χ4v) is 1.48. The molecule has 0 amide bonds. The van der Waals surface area contributed by atoms with Crippen LogP contribution in [0, 0.1) is 11.8 Å². The van der Waals surface area contributed by atoms with E-state index in [-0.39, 0.29) is 6.61 Å². The van der Waals surface area contributed by atoms with Crippen molar-refractivity contribution in [1.29, 1.82) is 0 Å². The van der Waals surface area contributed by atoms with Crippen molar-refractivity contribution in [2.75, 3.05) is 6.61 Å². The molecule has 2 aromatic carbocycles. The molecule has 2 nitrogen and oxygen atoms in total. The smallest absolute Gasteiger partial charge is 0.153 e. The number of para-hydroxylation sites is 1. The third-order valence-corrected chi connectivity index (χ3v) is 2.35. The van der Waals surface area contributed by atoms with Gasteiger partial charge in [-0.05, 0) is 24.3 Å². The Morgan fingerprint density at radius 1 is 1.00 bits per heavy atom. The molecule has 18 heavy (non-hydrogen) atoms. The van der Waals surface area contributed by atoms with E-state index in [1.165, 1.54) is 0 Å². The standard InChI is InChI=1S/C16H12O2/c17-13-15-10-4-5-11-16(15)18-12-6-9-14-7-2-1-3-8-14/h1-5,7-8,10-11,13H,12H2. The summed E-state index contributed by atoms with van der Waals surface area (Å²) in [6, 6.07) is 16.8. The molecule has 2 rings (SSSR count). The maximum Gasteiger partial charge on any atom is 0.153 e. The van der Waals surface area contributed by atoms with E-state index in [0.717, 1.165) is 11.8 Å². The molecule has 0 aliphatic carbocycles. The minimum absolute atomic E-state index is 0.264. The summed E-state index contributed by atoms with van der Waals surface area (Å²) in [5, 5.41) is 0. The topological polar surface area (TPSA) is 26.3 Å². The van der Waals surface area contributed by atoms with Gasteiger partial charge in [-0.25, -0.2) is 0 Å². The Bertz CT molecular complexity index is 577. The van der Waals surface area contributed by atoms with Crippen molar-refractivity contribution in [2.45, 2.75) is 0 Å². The van der Waals surface area contributed by atoms with Crippen LogP contribution >= 0.6 is 0 Å². The van der Waals surface area contributed by atoms with Gasteiger partial charge in [-0.1, -0.05) is 42.2 Å². The van der Waals surface area contributed by atoms with Crippen LogP contribution in [0.3, 0.4) is 0 Å². The summed E-state index contributed by atoms with van der Waals surface area (Å²) >= 11 is 0. The van der Waals surface area contributed by atoms with Gasteiger partial charge in [-0.2, -0.15) is 0 Å². The van der Waals surface area contributed by atoms with Crippen molar-refractivity contribution in [1.82, 2.24) is 0 Å². The molecule has 0 radical (unpaired) electrons. The quantitative estimate of drug-likeness (QED) is 0.605. The molecule has 0 fully saturated rings. The van der Waals surface area contributed by atoms with Crippen LogP contribution in [0.1, 0.15) is 15.9 Å². The van der Waals surface area contributed by atoms with E-state index in [4.69, 9.17) is 4.74 Å². The minimum atomic E-state index is 0.264. The number of carbonyl (C=O) groups excluding carboxylic acids is 1. The zero-order chi connectivity index (χ0) is 12.6. The van der Waals surface area contributed by atoms with Crippen LogP contribution < -0.4 is 4.74 Å². The highest BCUT2D eigenvalue weighted by Crippen LogP contribution is 2.14. The molecule has 0 saturated carbocycles. The van der Waals surface area contributed by atoms with Crippen LogP contribution in [0.2, 0.25) is 0 Å². The fourth-order valence-electron chi connectivity index (χ4n) is 1.48. The first kappa shape index (κ1) is 11.9. The first-order valence-corrected chi connectivity index (χ1v) is 5.61. The predicted molar refractivity (Wildman–Crippen MR) is 70.6 cm³/mol. The Balaban J connectivity index is 1.97. The largest absolute Gasteiger partial charge is 0.480 e. The third-order valence-electron chi connectivity index (χ3n) is 2.35. The first-order valence-electron chi connectivity index (χ1n) is 5.61. The molecular weight excluding hydrogens is 224 g/mol. The third kappa shape index (κ3) is 3.23. The average Bonchev–Trinajstić information content (AvgIpc) is 2.45. The molecule has 2 heteroatoms. The van der Waals surface area contributed by atoms with E-state index < -0.39 is 0 Å². The molecule has 0 aliphatic rings. The molecule has 0 saturated heterocycles. The van der Waals surface area contributed by atoms with Gasteiger partial charge in [-0.3, -0.25) is 4.79 Å². The van der Waals surface area contributed by atoms with Crippen LogP contribution in [-0.2, 0) is 0 Å².